The zero-order valence-corrected chi connectivity index (χ0v) is 61.5. The fraction of sp³-hybridized carbons (Fsp3) is 0.774. The van der Waals surface area contributed by atoms with Crippen LogP contribution in [-0.4, -0.2) is 61.5 Å². The van der Waals surface area contributed by atoms with E-state index in [1.807, 2.05) is 0 Å². The molecule has 0 N–H and O–H groups in total. The Bertz CT molecular complexity index is 1680. The Labute approximate surface area is 576 Å². The largest absolute Gasteiger partial charge is 1.00 e. The third-order valence-electron chi connectivity index (χ3n) is 18.6. The van der Waals surface area contributed by atoms with Gasteiger partial charge in [0.1, 0.15) is 6.29 Å². The van der Waals surface area contributed by atoms with E-state index in [1.54, 1.807) is 0 Å². The summed E-state index contributed by atoms with van der Waals surface area (Å²) in [6.45, 7) is 18.8. The molecular formula is C84H152LiNO4-2. The molecular weight excluding hydrogens is 1090 g/mol. The van der Waals surface area contributed by atoms with Gasteiger partial charge < -0.3 is 45.6 Å². The average Bonchev–Trinajstić information content (AvgIpc) is 3.78. The molecule has 5 nitrogen and oxygen atoms in total. The minimum Gasteiger partial charge on any atom is -0.358 e. The molecule has 7 unspecified atom stereocenters. The van der Waals surface area contributed by atoms with E-state index in [1.165, 1.54) is 257 Å². The minimum atomic E-state index is -0.0963. The summed E-state index contributed by atoms with van der Waals surface area (Å²) in [5, 5.41) is 0. The van der Waals surface area contributed by atoms with Gasteiger partial charge in [-0.05, 0) is 173 Å². The topological polar surface area (TPSA) is 40.2 Å². The standard InChI is InChI=1S/C82H146NO4.2CH3.Li/c1-7-13-15-17-19-21-23-25-28-33-40-46-52-58-64-70-77-78(85-81(10-4)84-77)71-65-59-53-47-43-37-36-39-45-51-57-63-69-76(9-3)68-62-56-50-44-38-32-30-27-31-35-42-49-55-61-67-73-80-79(86-82(87-80)74-75-83(11-5)12-6)72-66-60-54-48-41-34-29-26-24-22-20-18-16-14-8-2;;;/h19-22,25-29,31-32,36,38-39,51,57,76-82H,4,7-18,23-24,30,33-35,37,40-50,52-56,58-75H2,1-3,5-6H3;2*1H3;/q3*-1;+1/b21-19-,22-20-,28-25-,29-26-,31-27-,38-32-,39-36-,57-51-;;;. The molecule has 7 atom stereocenters. The normalized spacial score (nSPS) is 19.3. The van der Waals surface area contributed by atoms with Gasteiger partial charge in [-0.2, -0.15) is 0 Å². The smallest absolute Gasteiger partial charge is 0.358 e. The van der Waals surface area contributed by atoms with E-state index in [0.29, 0.717) is 6.42 Å². The van der Waals surface area contributed by atoms with E-state index in [0.717, 1.165) is 83.3 Å². The van der Waals surface area contributed by atoms with Crippen LogP contribution in [0, 0.1) is 27.7 Å². The van der Waals surface area contributed by atoms with Gasteiger partial charge in [-0.15, -0.1) is 6.42 Å². The van der Waals surface area contributed by atoms with Crippen LogP contribution in [-0.2, 0) is 18.9 Å². The maximum absolute atomic E-state index is 6.61. The van der Waals surface area contributed by atoms with Crippen LogP contribution in [0.5, 0.6) is 0 Å². The van der Waals surface area contributed by atoms with Crippen LogP contribution in [0.3, 0.4) is 0 Å². The van der Waals surface area contributed by atoms with Crippen molar-refractivity contribution in [2.75, 3.05) is 19.6 Å². The molecule has 2 aliphatic rings. The predicted molar refractivity (Wildman–Crippen MR) is 398 cm³/mol. The van der Waals surface area contributed by atoms with Crippen molar-refractivity contribution in [3.05, 3.63) is 119 Å². The quantitative estimate of drug-likeness (QED) is 0.0263. The third kappa shape index (κ3) is 55.6. The Morgan fingerprint density at radius 2 is 0.589 bits per heavy atom. The van der Waals surface area contributed by atoms with Gasteiger partial charge in [0.25, 0.3) is 0 Å². The molecule has 0 aliphatic carbocycles. The Balaban J connectivity index is 0. The Hall–Kier alpha value is -1.68. The zero-order valence-electron chi connectivity index (χ0n) is 61.5. The first-order valence-electron chi connectivity index (χ1n) is 38.4. The van der Waals surface area contributed by atoms with Crippen molar-refractivity contribution in [3.63, 3.8) is 0 Å². The van der Waals surface area contributed by atoms with Crippen LogP contribution in [0.2, 0.25) is 0 Å². The van der Waals surface area contributed by atoms with E-state index < -0.39 is 0 Å². The molecule has 2 heterocycles. The van der Waals surface area contributed by atoms with Crippen LogP contribution < -0.4 is 18.9 Å². The van der Waals surface area contributed by atoms with Gasteiger partial charge in [0.15, 0.2) is 6.29 Å². The summed E-state index contributed by atoms with van der Waals surface area (Å²) >= 11 is 0. The molecule has 6 heteroatoms. The maximum Gasteiger partial charge on any atom is 1.00 e. The molecule has 0 saturated carbocycles. The second kappa shape index (κ2) is 71.6. The van der Waals surface area contributed by atoms with Crippen molar-refractivity contribution >= 4 is 0 Å². The molecule has 2 fully saturated rings. The van der Waals surface area contributed by atoms with Gasteiger partial charge in [0.05, 0.1) is 24.4 Å². The average molecular weight is 1250 g/mol. The fourth-order valence-electron chi connectivity index (χ4n) is 12.7. The number of ether oxygens (including phenoxy) is 4. The molecule has 2 aliphatic heterocycles. The van der Waals surface area contributed by atoms with Crippen molar-refractivity contribution < 1.29 is 37.8 Å². The number of allylic oxidation sites excluding steroid dienone is 16. The molecule has 2 rings (SSSR count). The van der Waals surface area contributed by atoms with Crippen molar-refractivity contribution in [1.29, 1.82) is 0 Å². The Kier molecular flexibility index (Phi) is 71.9. The van der Waals surface area contributed by atoms with E-state index in [4.69, 9.17) is 18.9 Å². The van der Waals surface area contributed by atoms with Crippen molar-refractivity contribution in [1.82, 2.24) is 4.90 Å². The molecule has 0 aromatic heterocycles. The molecule has 0 spiro atoms. The van der Waals surface area contributed by atoms with E-state index in [9.17, 15) is 0 Å². The first-order chi connectivity index (χ1) is 43.1. The van der Waals surface area contributed by atoms with Crippen molar-refractivity contribution in [2.24, 2.45) is 5.92 Å². The SMILES string of the molecule is [CH2-]CC1OC(CCCCCCC/C=C\C/C=C\CCCCC)C(CCCCCCC/C=C\C/C=C\CCC(CC)CCCCC/C=C\C/C=C\CCCCCCCC2OC(CCN(CC)CC)OC2CCCCCCC/C=C\C/C=C\CCCCC)O1.[CH3-].[CH3-].[Li+]. The van der Waals surface area contributed by atoms with E-state index in [-0.39, 0.29) is 70.7 Å². The van der Waals surface area contributed by atoms with E-state index in [2.05, 4.69) is 144 Å². The molecule has 0 amide bonds. The van der Waals surface area contributed by atoms with E-state index >= 15 is 0 Å². The van der Waals surface area contributed by atoms with Crippen LogP contribution in [0.25, 0.3) is 0 Å². The van der Waals surface area contributed by atoms with Gasteiger partial charge in [0.2, 0.25) is 0 Å². The van der Waals surface area contributed by atoms with Crippen molar-refractivity contribution in [3.8, 4) is 0 Å². The molecule has 90 heavy (non-hydrogen) atoms. The maximum atomic E-state index is 6.61. The summed E-state index contributed by atoms with van der Waals surface area (Å²) in [7, 11) is 0. The Morgan fingerprint density at radius 3 is 0.889 bits per heavy atom. The summed E-state index contributed by atoms with van der Waals surface area (Å²) < 4.78 is 25.8. The van der Waals surface area contributed by atoms with Gasteiger partial charge in [-0.3, -0.25) is 0 Å². The number of unbranched alkanes of at least 4 members (excludes halogenated alkanes) is 29. The second-order valence-corrected chi connectivity index (χ2v) is 26.2. The second-order valence-electron chi connectivity index (χ2n) is 26.2. The zero-order chi connectivity index (χ0) is 62.2. The van der Waals surface area contributed by atoms with Crippen molar-refractivity contribution in [2.45, 2.75) is 393 Å². The van der Waals surface area contributed by atoms with Crippen LogP contribution in [0.1, 0.15) is 356 Å². The summed E-state index contributed by atoms with van der Waals surface area (Å²) in [6, 6.07) is 0. The summed E-state index contributed by atoms with van der Waals surface area (Å²) in [6.07, 6.45) is 102. The summed E-state index contributed by atoms with van der Waals surface area (Å²) in [4.78, 5) is 2.49. The van der Waals surface area contributed by atoms with Gasteiger partial charge >= 0.3 is 18.9 Å². The number of hydrogen-bond acceptors (Lipinski definition) is 5. The first-order valence-corrected chi connectivity index (χ1v) is 38.4. The van der Waals surface area contributed by atoms with Crippen LogP contribution in [0.4, 0.5) is 0 Å². The number of hydrogen-bond donors (Lipinski definition) is 0. The molecule has 520 valence electrons. The number of nitrogens with zero attached hydrogens (tertiary/aromatic N) is 1. The van der Waals surface area contributed by atoms with Crippen LogP contribution in [0.15, 0.2) is 97.2 Å². The van der Waals surface area contributed by atoms with Gasteiger partial charge in [-0.1, -0.05) is 286 Å². The molecule has 0 aromatic carbocycles. The molecule has 0 bridgehead atoms. The van der Waals surface area contributed by atoms with Gasteiger partial charge in [-0.25, -0.2) is 0 Å². The first kappa shape index (κ1) is 90.4. The molecule has 0 aromatic rings. The molecule has 0 radical (unpaired) electrons. The third-order valence-corrected chi connectivity index (χ3v) is 18.6. The summed E-state index contributed by atoms with van der Waals surface area (Å²) in [5.41, 5.74) is 0. The summed E-state index contributed by atoms with van der Waals surface area (Å²) in [5.74, 6) is 0.878. The Morgan fingerprint density at radius 1 is 0.311 bits per heavy atom. The fourth-order valence-corrected chi connectivity index (χ4v) is 12.7. The number of rotatable bonds is 64. The monoisotopic (exact) mass is 1250 g/mol. The minimum absolute atomic E-state index is 0. The molecule has 2 saturated heterocycles. The predicted octanol–water partition coefficient (Wildman–Crippen LogP) is 23.9. The van der Waals surface area contributed by atoms with Crippen LogP contribution >= 0.6 is 0 Å². The van der Waals surface area contributed by atoms with Gasteiger partial charge in [0, 0.05) is 13.0 Å².